The van der Waals surface area contributed by atoms with Crippen molar-refractivity contribution in [3.8, 4) is 0 Å². The van der Waals surface area contributed by atoms with Gasteiger partial charge in [0.2, 0.25) is 0 Å². The Morgan fingerprint density at radius 2 is 2.12 bits per heavy atom. The highest BCUT2D eigenvalue weighted by molar-refractivity contribution is 9.10. The molecule has 0 spiro atoms. The van der Waals surface area contributed by atoms with Crippen molar-refractivity contribution in [3.63, 3.8) is 0 Å². The van der Waals surface area contributed by atoms with Gasteiger partial charge in [-0.1, -0.05) is 15.9 Å². The molecule has 0 bridgehead atoms. The molecule has 88 valence electrons. The highest BCUT2D eigenvalue weighted by Crippen LogP contribution is 2.33. The quantitative estimate of drug-likeness (QED) is 0.930. The summed E-state index contributed by atoms with van der Waals surface area (Å²) in [4.78, 5) is 1.19. The van der Waals surface area contributed by atoms with Crippen LogP contribution in [0.5, 0.6) is 0 Å². The molecule has 0 amide bonds. The summed E-state index contributed by atoms with van der Waals surface area (Å²) < 4.78 is 6.36. The molecule has 0 saturated carbocycles. The first-order valence-electron chi connectivity index (χ1n) is 5.43. The van der Waals surface area contributed by atoms with Crippen molar-refractivity contribution >= 4 is 27.7 Å². The van der Waals surface area contributed by atoms with Gasteiger partial charge in [-0.3, -0.25) is 0 Å². The van der Waals surface area contributed by atoms with E-state index in [0.717, 1.165) is 36.1 Å². The Morgan fingerprint density at radius 1 is 1.38 bits per heavy atom. The highest BCUT2D eigenvalue weighted by Gasteiger charge is 2.16. The summed E-state index contributed by atoms with van der Waals surface area (Å²) in [6.45, 7) is 1.83. The van der Waals surface area contributed by atoms with E-state index in [1.165, 1.54) is 4.90 Å². The van der Waals surface area contributed by atoms with Crippen LogP contribution in [0.1, 0.15) is 18.4 Å². The number of hydrogen-bond donors (Lipinski definition) is 1. The SMILES string of the molecule is OCc1cc(Br)ccc1SC1CCOCC1. The van der Waals surface area contributed by atoms with E-state index in [1.807, 2.05) is 23.9 Å². The summed E-state index contributed by atoms with van der Waals surface area (Å²) in [5, 5.41) is 9.94. The first-order chi connectivity index (χ1) is 7.79. The van der Waals surface area contributed by atoms with Gasteiger partial charge in [-0.05, 0) is 36.6 Å². The zero-order valence-electron chi connectivity index (χ0n) is 8.99. The van der Waals surface area contributed by atoms with Gasteiger partial charge in [-0.15, -0.1) is 11.8 Å². The zero-order chi connectivity index (χ0) is 11.4. The Bertz CT molecular complexity index is 351. The van der Waals surface area contributed by atoms with Crippen molar-refractivity contribution in [1.29, 1.82) is 0 Å². The lowest BCUT2D eigenvalue weighted by molar-refractivity contribution is 0.1000. The Morgan fingerprint density at radius 3 is 2.81 bits per heavy atom. The third kappa shape index (κ3) is 3.23. The Kier molecular flexibility index (Phi) is 4.70. The van der Waals surface area contributed by atoms with E-state index < -0.39 is 0 Å². The van der Waals surface area contributed by atoms with Gasteiger partial charge in [0.1, 0.15) is 0 Å². The van der Waals surface area contributed by atoms with Gasteiger partial charge >= 0.3 is 0 Å². The van der Waals surface area contributed by atoms with Crippen LogP contribution < -0.4 is 0 Å². The van der Waals surface area contributed by atoms with Gasteiger partial charge in [0.15, 0.2) is 0 Å². The fourth-order valence-corrected chi connectivity index (χ4v) is 3.38. The van der Waals surface area contributed by atoms with Crippen LogP contribution in [0.15, 0.2) is 27.6 Å². The molecule has 1 heterocycles. The Hall–Kier alpha value is -0.0300. The number of hydrogen-bond acceptors (Lipinski definition) is 3. The third-order valence-electron chi connectivity index (χ3n) is 2.65. The Balaban J connectivity index is 2.07. The van der Waals surface area contributed by atoms with Crippen LogP contribution in [0.3, 0.4) is 0 Å². The molecule has 1 fully saturated rings. The Labute approximate surface area is 109 Å². The average Bonchev–Trinajstić information content (AvgIpc) is 2.33. The molecule has 2 rings (SSSR count). The molecule has 1 N–H and O–H groups in total. The molecule has 1 aliphatic rings. The molecule has 16 heavy (non-hydrogen) atoms. The monoisotopic (exact) mass is 302 g/mol. The minimum atomic E-state index is 0.102. The summed E-state index contributed by atoms with van der Waals surface area (Å²) in [5.74, 6) is 0. The molecule has 1 aromatic carbocycles. The van der Waals surface area contributed by atoms with E-state index >= 15 is 0 Å². The summed E-state index contributed by atoms with van der Waals surface area (Å²) in [6.07, 6.45) is 2.21. The van der Waals surface area contributed by atoms with Crippen LogP contribution in [0, 0.1) is 0 Å². The smallest absolute Gasteiger partial charge is 0.0693 e. The van der Waals surface area contributed by atoms with Gasteiger partial charge in [0.05, 0.1) is 6.61 Å². The van der Waals surface area contributed by atoms with E-state index in [1.54, 1.807) is 0 Å². The van der Waals surface area contributed by atoms with Crippen LogP contribution >= 0.6 is 27.7 Å². The summed E-state index contributed by atoms with van der Waals surface area (Å²) >= 11 is 5.29. The zero-order valence-corrected chi connectivity index (χ0v) is 11.4. The molecule has 1 aromatic rings. The average molecular weight is 303 g/mol. The van der Waals surface area contributed by atoms with Crippen molar-refractivity contribution in [2.24, 2.45) is 0 Å². The lowest BCUT2D eigenvalue weighted by Crippen LogP contribution is -2.17. The van der Waals surface area contributed by atoms with E-state index in [9.17, 15) is 5.11 Å². The van der Waals surface area contributed by atoms with Crippen LogP contribution in [0.2, 0.25) is 0 Å². The molecular weight excluding hydrogens is 288 g/mol. The van der Waals surface area contributed by atoms with Crippen molar-refractivity contribution < 1.29 is 9.84 Å². The number of rotatable bonds is 3. The molecular formula is C12H15BrO2S. The lowest BCUT2D eigenvalue weighted by Gasteiger charge is -2.22. The second-order valence-electron chi connectivity index (χ2n) is 3.84. The molecule has 0 unspecified atom stereocenters. The van der Waals surface area contributed by atoms with Gasteiger partial charge < -0.3 is 9.84 Å². The van der Waals surface area contributed by atoms with Crippen molar-refractivity contribution in [2.45, 2.75) is 29.6 Å². The van der Waals surface area contributed by atoms with Crippen molar-refractivity contribution in [2.75, 3.05) is 13.2 Å². The number of aliphatic hydroxyl groups excluding tert-OH is 1. The second-order valence-corrected chi connectivity index (χ2v) is 6.10. The van der Waals surface area contributed by atoms with Crippen LogP contribution in [-0.2, 0) is 11.3 Å². The number of halogens is 1. The van der Waals surface area contributed by atoms with Crippen molar-refractivity contribution in [3.05, 3.63) is 28.2 Å². The molecule has 1 saturated heterocycles. The maximum Gasteiger partial charge on any atom is 0.0693 e. The van der Waals surface area contributed by atoms with E-state index in [4.69, 9.17) is 4.74 Å². The van der Waals surface area contributed by atoms with E-state index in [2.05, 4.69) is 22.0 Å². The summed E-state index contributed by atoms with van der Waals surface area (Å²) in [6, 6.07) is 6.10. The predicted octanol–water partition coefficient (Wildman–Crippen LogP) is 3.21. The topological polar surface area (TPSA) is 29.5 Å². The molecule has 0 aromatic heterocycles. The minimum absolute atomic E-state index is 0.102. The molecule has 0 radical (unpaired) electrons. The molecule has 1 aliphatic heterocycles. The maximum absolute atomic E-state index is 9.31. The van der Waals surface area contributed by atoms with Gasteiger partial charge in [-0.25, -0.2) is 0 Å². The summed E-state index contributed by atoms with van der Waals surface area (Å²) in [7, 11) is 0. The molecule has 0 aliphatic carbocycles. The number of aliphatic hydroxyl groups is 1. The third-order valence-corrected chi connectivity index (χ3v) is 4.61. The molecule has 0 atom stereocenters. The summed E-state index contributed by atoms with van der Waals surface area (Å²) in [5.41, 5.74) is 1.01. The van der Waals surface area contributed by atoms with E-state index in [0.29, 0.717) is 5.25 Å². The fraction of sp³-hybridized carbons (Fsp3) is 0.500. The fourth-order valence-electron chi connectivity index (χ4n) is 1.76. The number of ether oxygens (including phenoxy) is 1. The first kappa shape index (κ1) is 12.4. The van der Waals surface area contributed by atoms with Crippen LogP contribution in [-0.4, -0.2) is 23.6 Å². The first-order valence-corrected chi connectivity index (χ1v) is 7.10. The second kappa shape index (κ2) is 6.05. The predicted molar refractivity (Wildman–Crippen MR) is 69.8 cm³/mol. The highest BCUT2D eigenvalue weighted by atomic mass is 79.9. The largest absolute Gasteiger partial charge is 0.392 e. The van der Waals surface area contributed by atoms with Crippen LogP contribution in [0.4, 0.5) is 0 Å². The lowest BCUT2D eigenvalue weighted by atomic mass is 10.2. The minimum Gasteiger partial charge on any atom is -0.392 e. The number of thioether (sulfide) groups is 1. The number of benzene rings is 1. The van der Waals surface area contributed by atoms with Gasteiger partial charge in [-0.2, -0.15) is 0 Å². The van der Waals surface area contributed by atoms with Gasteiger partial charge in [0.25, 0.3) is 0 Å². The standard InChI is InChI=1S/C12H15BrO2S/c13-10-1-2-12(9(7-10)8-14)16-11-3-5-15-6-4-11/h1-2,7,11,14H,3-6,8H2. The van der Waals surface area contributed by atoms with E-state index in [-0.39, 0.29) is 6.61 Å². The molecule has 4 heteroatoms. The molecule has 2 nitrogen and oxygen atoms in total. The normalized spacial score (nSPS) is 17.6. The van der Waals surface area contributed by atoms with Gasteiger partial charge in [0, 0.05) is 27.8 Å². The van der Waals surface area contributed by atoms with Crippen LogP contribution in [0.25, 0.3) is 0 Å². The van der Waals surface area contributed by atoms with Crippen molar-refractivity contribution in [1.82, 2.24) is 0 Å². The maximum atomic E-state index is 9.31.